The number of Topliss-reactive ketones (excluding diaryl/α,β-unsaturated/α-hetero) is 1. The summed E-state index contributed by atoms with van der Waals surface area (Å²) in [4.78, 5) is 48.3. The Morgan fingerprint density at radius 2 is 1.69 bits per heavy atom. The molecule has 0 radical (unpaired) electrons. The number of aliphatic carboxylic acids is 1. The van der Waals surface area contributed by atoms with Crippen molar-refractivity contribution in [3.8, 4) is 0 Å². The minimum absolute atomic E-state index is 0.0351. The van der Waals surface area contributed by atoms with Crippen molar-refractivity contribution in [2.45, 2.75) is 139 Å². The van der Waals surface area contributed by atoms with Crippen LogP contribution in [0.15, 0.2) is 35.7 Å². The minimum atomic E-state index is -1.15. The van der Waals surface area contributed by atoms with Crippen LogP contribution in [0.25, 0.3) is 0 Å². The zero-order chi connectivity index (χ0) is 39.4. The average molecular weight is 746 g/mol. The predicted molar refractivity (Wildman–Crippen MR) is 213 cm³/mol. The van der Waals surface area contributed by atoms with Crippen molar-refractivity contribution in [2.75, 3.05) is 33.7 Å². The quantitative estimate of drug-likeness (QED) is 0.200. The van der Waals surface area contributed by atoms with Gasteiger partial charge in [-0.15, -0.1) is 0 Å². The van der Waals surface area contributed by atoms with Crippen LogP contribution in [0.2, 0.25) is 0 Å². The Balaban J connectivity index is 1.23. The molecule has 8 nitrogen and oxygen atoms in total. The first-order chi connectivity index (χ1) is 25.2. The third kappa shape index (κ3) is 7.37. The van der Waals surface area contributed by atoms with Gasteiger partial charge in [-0.05, 0) is 150 Å². The number of ketones is 1. The molecule has 5 aliphatic rings. The SMILES string of the molecule is CC(C)C1=C2C3CCC4C(C)(CCC5C(C)(C)C(OC(=O)CC(C)(C)C(=O)O)CCC54C)C3CCC2(CCN(CCN(C)C)Cc2cccnc2)CC1=O. The topological polar surface area (TPSA) is 100 Å². The molecule has 0 saturated heterocycles. The van der Waals surface area contributed by atoms with Crippen molar-refractivity contribution in [1.82, 2.24) is 14.8 Å². The Labute approximate surface area is 326 Å². The number of carbonyl (C=O) groups is 3. The van der Waals surface area contributed by atoms with Gasteiger partial charge in [0.25, 0.3) is 0 Å². The summed E-state index contributed by atoms with van der Waals surface area (Å²) in [6, 6.07) is 4.21. The largest absolute Gasteiger partial charge is 0.481 e. The van der Waals surface area contributed by atoms with E-state index in [1.165, 1.54) is 30.4 Å². The summed E-state index contributed by atoms with van der Waals surface area (Å²) in [5.74, 6) is 1.35. The average Bonchev–Trinajstić information content (AvgIpc) is 3.39. The van der Waals surface area contributed by atoms with Crippen LogP contribution in [-0.2, 0) is 25.7 Å². The lowest BCUT2D eigenvalue weighted by atomic mass is 9.36. The lowest BCUT2D eigenvalue weighted by Crippen LogP contribution is -2.63. The molecular weight excluding hydrogens is 675 g/mol. The molecule has 4 saturated carbocycles. The van der Waals surface area contributed by atoms with E-state index in [0.717, 1.165) is 64.7 Å². The number of nitrogens with zero attached hydrogens (tertiary/aromatic N) is 3. The van der Waals surface area contributed by atoms with Gasteiger partial charge in [0, 0.05) is 49.3 Å². The van der Waals surface area contributed by atoms with Crippen LogP contribution < -0.4 is 0 Å². The van der Waals surface area contributed by atoms with E-state index in [-0.39, 0.29) is 40.1 Å². The van der Waals surface area contributed by atoms with Gasteiger partial charge in [0.15, 0.2) is 5.78 Å². The van der Waals surface area contributed by atoms with E-state index < -0.39 is 17.4 Å². The summed E-state index contributed by atoms with van der Waals surface area (Å²) in [7, 11) is 4.29. The third-order valence-corrected chi connectivity index (χ3v) is 16.0. The van der Waals surface area contributed by atoms with Crippen molar-refractivity contribution in [3.05, 3.63) is 41.2 Å². The van der Waals surface area contributed by atoms with E-state index in [1.54, 1.807) is 19.4 Å². The fourth-order valence-electron chi connectivity index (χ4n) is 13.3. The van der Waals surface area contributed by atoms with E-state index in [0.29, 0.717) is 35.9 Å². The Kier molecular flexibility index (Phi) is 11.5. The smallest absolute Gasteiger partial charge is 0.309 e. The molecule has 0 spiro atoms. The number of allylic oxidation sites excluding steroid dienone is 2. The third-order valence-electron chi connectivity index (χ3n) is 16.0. The van der Waals surface area contributed by atoms with E-state index in [2.05, 4.69) is 76.5 Å². The van der Waals surface area contributed by atoms with Crippen molar-refractivity contribution in [3.63, 3.8) is 0 Å². The van der Waals surface area contributed by atoms with Crippen LogP contribution >= 0.6 is 0 Å². The van der Waals surface area contributed by atoms with Gasteiger partial charge in [-0.3, -0.25) is 24.3 Å². The number of carbonyl (C=O) groups excluding carboxylic acids is 2. The number of pyridine rings is 1. The summed E-state index contributed by atoms with van der Waals surface area (Å²) in [6.45, 7) is 21.3. The van der Waals surface area contributed by atoms with Crippen LogP contribution in [0.1, 0.15) is 132 Å². The highest BCUT2D eigenvalue weighted by atomic mass is 16.5. The number of carboxylic acid groups (broad SMARTS) is 1. The molecule has 0 bridgehead atoms. The number of carboxylic acids is 1. The van der Waals surface area contributed by atoms with Crippen molar-refractivity contribution in [2.24, 2.45) is 56.7 Å². The van der Waals surface area contributed by atoms with Crippen molar-refractivity contribution < 1.29 is 24.2 Å². The van der Waals surface area contributed by atoms with Gasteiger partial charge in [-0.1, -0.05) is 53.2 Å². The van der Waals surface area contributed by atoms with Gasteiger partial charge < -0.3 is 14.7 Å². The molecule has 5 aliphatic carbocycles. The number of ether oxygens (including phenoxy) is 1. The highest BCUT2D eigenvalue weighted by Crippen LogP contribution is 2.73. The molecule has 8 atom stereocenters. The van der Waals surface area contributed by atoms with E-state index >= 15 is 0 Å². The fourth-order valence-corrected chi connectivity index (χ4v) is 13.3. The summed E-state index contributed by atoms with van der Waals surface area (Å²) in [5.41, 5.74) is 2.94. The second kappa shape index (κ2) is 15.1. The lowest BCUT2D eigenvalue weighted by Gasteiger charge is -2.69. The van der Waals surface area contributed by atoms with Crippen LogP contribution in [-0.4, -0.2) is 77.4 Å². The molecule has 0 aromatic carbocycles. The molecule has 1 N–H and O–H groups in total. The molecule has 8 unspecified atom stereocenters. The van der Waals surface area contributed by atoms with E-state index in [1.807, 2.05) is 18.5 Å². The molecule has 0 aliphatic heterocycles. The molecule has 300 valence electrons. The number of esters is 1. The number of rotatable bonds is 13. The molecule has 8 heteroatoms. The molecule has 4 fully saturated rings. The molecule has 1 aromatic rings. The van der Waals surface area contributed by atoms with Crippen LogP contribution in [0.5, 0.6) is 0 Å². The normalized spacial score (nSPS) is 34.8. The van der Waals surface area contributed by atoms with Gasteiger partial charge in [0.2, 0.25) is 0 Å². The lowest BCUT2D eigenvalue weighted by molar-refractivity contribution is -0.214. The number of fused-ring (bicyclic) bond motifs is 7. The van der Waals surface area contributed by atoms with Gasteiger partial charge in [0.05, 0.1) is 11.8 Å². The van der Waals surface area contributed by atoms with Gasteiger partial charge in [-0.25, -0.2) is 0 Å². The number of hydrogen-bond donors (Lipinski definition) is 1. The second-order valence-electron chi connectivity index (χ2n) is 20.7. The highest BCUT2D eigenvalue weighted by molar-refractivity contribution is 6.00. The van der Waals surface area contributed by atoms with Crippen LogP contribution in [0.3, 0.4) is 0 Å². The molecule has 1 aromatic heterocycles. The Bertz CT molecular complexity index is 1600. The van der Waals surface area contributed by atoms with Gasteiger partial charge in [0.1, 0.15) is 6.10 Å². The Hall–Kier alpha value is -2.58. The maximum atomic E-state index is 14.2. The monoisotopic (exact) mass is 746 g/mol. The van der Waals surface area contributed by atoms with Crippen molar-refractivity contribution in [1.29, 1.82) is 0 Å². The van der Waals surface area contributed by atoms with E-state index in [9.17, 15) is 19.5 Å². The van der Waals surface area contributed by atoms with Gasteiger partial charge >= 0.3 is 11.9 Å². The summed E-state index contributed by atoms with van der Waals surface area (Å²) >= 11 is 0. The van der Waals surface area contributed by atoms with Crippen LogP contribution in [0.4, 0.5) is 0 Å². The first kappa shape index (κ1) is 41.1. The number of hydrogen-bond acceptors (Lipinski definition) is 7. The first-order valence-corrected chi connectivity index (χ1v) is 21.2. The highest BCUT2D eigenvalue weighted by Gasteiger charge is 2.66. The minimum Gasteiger partial charge on any atom is -0.481 e. The fraction of sp³-hybridized carbons (Fsp3) is 0.783. The number of likely N-dealkylation sites (N-methyl/N-ethyl adjacent to an activating group) is 1. The number of aromatic nitrogens is 1. The standard InChI is InChI=1S/C46H71N3O5/c1-30(2)39-34(50)26-46(21-23-49(25-24-48(9)10)29-31-12-11-22-47-28-31)20-15-33-32(40(39)46)13-14-36-44(33,7)18-16-35-43(5,6)37(17-19-45(35,36)8)54-38(51)27-42(3,4)41(52)53/h11-12,22,28,30,32-33,35-37H,13-21,23-27,29H2,1-10H3,(H,52,53). The maximum absolute atomic E-state index is 14.2. The van der Waals surface area contributed by atoms with Gasteiger partial charge in [-0.2, -0.15) is 0 Å². The summed E-state index contributed by atoms with van der Waals surface area (Å²) in [6.07, 6.45) is 14.0. The molecule has 54 heavy (non-hydrogen) atoms. The summed E-state index contributed by atoms with van der Waals surface area (Å²) < 4.78 is 6.19. The Morgan fingerprint density at radius 1 is 0.963 bits per heavy atom. The zero-order valence-electron chi connectivity index (χ0n) is 35.3. The molecular formula is C46H71N3O5. The van der Waals surface area contributed by atoms with Crippen molar-refractivity contribution >= 4 is 17.7 Å². The predicted octanol–water partition coefficient (Wildman–Crippen LogP) is 8.84. The first-order valence-electron chi connectivity index (χ1n) is 21.2. The van der Waals surface area contributed by atoms with E-state index in [4.69, 9.17) is 4.74 Å². The summed E-state index contributed by atoms with van der Waals surface area (Å²) in [5, 5.41) is 9.62. The van der Waals surface area contributed by atoms with Crippen LogP contribution in [0, 0.1) is 56.7 Å². The second-order valence-corrected chi connectivity index (χ2v) is 20.7. The molecule has 1 heterocycles. The zero-order valence-corrected chi connectivity index (χ0v) is 35.3. The molecule has 0 amide bonds. The Morgan fingerprint density at radius 3 is 2.33 bits per heavy atom. The molecule has 6 rings (SSSR count). The maximum Gasteiger partial charge on any atom is 0.309 e.